The second kappa shape index (κ2) is 14.3. The minimum atomic E-state index is -4.12. The van der Waals surface area contributed by atoms with Crippen LogP contribution in [0.25, 0.3) is 0 Å². The molecule has 0 bridgehead atoms. The molecule has 3 aromatic carbocycles. The van der Waals surface area contributed by atoms with E-state index in [0.29, 0.717) is 27.7 Å². The van der Waals surface area contributed by atoms with E-state index in [2.05, 4.69) is 21.2 Å². The summed E-state index contributed by atoms with van der Waals surface area (Å²) in [4.78, 5) is 28.8. The number of nitrogens with zero attached hydrogens (tertiary/aromatic N) is 2. The summed E-state index contributed by atoms with van der Waals surface area (Å²) in [5.74, 6) is -0.856. The van der Waals surface area contributed by atoms with E-state index < -0.39 is 28.5 Å². The molecule has 2 atom stereocenters. The predicted octanol–water partition coefficient (Wildman–Crippen LogP) is 6.67. The quantitative estimate of drug-likeness (QED) is 0.234. The molecule has 7 nitrogen and oxygen atoms in total. The van der Waals surface area contributed by atoms with E-state index >= 15 is 0 Å². The number of halogens is 3. The fourth-order valence-corrected chi connectivity index (χ4v) is 6.07. The van der Waals surface area contributed by atoms with Gasteiger partial charge in [-0.3, -0.25) is 13.9 Å². The number of nitrogens with one attached hydrogen (secondary N) is 1. The Morgan fingerprint density at radius 3 is 2.15 bits per heavy atom. The minimum Gasteiger partial charge on any atom is -0.352 e. The van der Waals surface area contributed by atoms with Crippen molar-refractivity contribution in [2.75, 3.05) is 10.8 Å². The highest BCUT2D eigenvalue weighted by Gasteiger charge is 2.34. The maximum atomic E-state index is 14.1. The van der Waals surface area contributed by atoms with E-state index in [1.165, 1.54) is 17.0 Å². The predicted molar refractivity (Wildman–Crippen MR) is 164 cm³/mol. The molecule has 40 heavy (non-hydrogen) atoms. The summed E-state index contributed by atoms with van der Waals surface area (Å²) in [5.41, 5.74) is 0.964. The molecule has 0 aliphatic rings. The Morgan fingerprint density at radius 2 is 1.57 bits per heavy atom. The van der Waals surface area contributed by atoms with Crippen molar-refractivity contribution in [3.05, 3.63) is 92.9 Å². The van der Waals surface area contributed by atoms with E-state index in [1.54, 1.807) is 60.7 Å². The van der Waals surface area contributed by atoms with E-state index in [0.717, 1.165) is 15.2 Å². The van der Waals surface area contributed by atoms with Gasteiger partial charge in [-0.2, -0.15) is 0 Å². The van der Waals surface area contributed by atoms with Crippen LogP contribution in [0.4, 0.5) is 5.69 Å². The molecule has 0 aliphatic carbocycles. The number of amides is 2. The van der Waals surface area contributed by atoms with Gasteiger partial charge in [0.05, 0.1) is 20.6 Å². The first-order valence-corrected chi connectivity index (χ1v) is 15.8. The maximum Gasteiger partial charge on any atom is 0.264 e. The highest BCUT2D eigenvalue weighted by molar-refractivity contribution is 9.10. The van der Waals surface area contributed by atoms with Gasteiger partial charge in [-0.05, 0) is 73.9 Å². The van der Waals surface area contributed by atoms with Gasteiger partial charge >= 0.3 is 0 Å². The van der Waals surface area contributed by atoms with Gasteiger partial charge in [0.15, 0.2) is 0 Å². The Labute approximate surface area is 254 Å². The van der Waals surface area contributed by atoms with E-state index in [4.69, 9.17) is 23.2 Å². The third-order valence-corrected chi connectivity index (χ3v) is 9.50. The Bertz CT molecular complexity index is 1420. The van der Waals surface area contributed by atoms with Gasteiger partial charge < -0.3 is 10.2 Å². The maximum absolute atomic E-state index is 14.1. The largest absolute Gasteiger partial charge is 0.352 e. The molecule has 0 aromatic heterocycles. The van der Waals surface area contributed by atoms with E-state index in [1.807, 2.05) is 20.8 Å². The zero-order valence-electron chi connectivity index (χ0n) is 22.5. The van der Waals surface area contributed by atoms with Gasteiger partial charge in [-0.1, -0.05) is 77.2 Å². The number of carbonyl (C=O) groups is 2. The van der Waals surface area contributed by atoms with Crippen LogP contribution in [0.1, 0.15) is 39.2 Å². The molecule has 1 N–H and O–H groups in total. The van der Waals surface area contributed by atoms with Gasteiger partial charge in [0.1, 0.15) is 12.6 Å². The van der Waals surface area contributed by atoms with Crippen molar-refractivity contribution in [2.24, 2.45) is 0 Å². The molecule has 214 valence electrons. The van der Waals surface area contributed by atoms with Gasteiger partial charge in [-0.15, -0.1) is 0 Å². The van der Waals surface area contributed by atoms with Crippen LogP contribution in [0.5, 0.6) is 0 Å². The summed E-state index contributed by atoms with van der Waals surface area (Å²) in [5, 5.41) is 3.63. The summed E-state index contributed by atoms with van der Waals surface area (Å²) < 4.78 is 29.4. The third-order valence-electron chi connectivity index (χ3n) is 6.45. The summed E-state index contributed by atoms with van der Waals surface area (Å²) in [6.45, 7) is 5.16. The lowest BCUT2D eigenvalue weighted by molar-refractivity contribution is -0.140. The van der Waals surface area contributed by atoms with Crippen LogP contribution in [-0.4, -0.2) is 43.8 Å². The molecular weight excluding hydrogens is 637 g/mol. The van der Waals surface area contributed by atoms with Gasteiger partial charge in [0, 0.05) is 17.1 Å². The number of sulfonamides is 1. The van der Waals surface area contributed by atoms with Gasteiger partial charge in [0.2, 0.25) is 11.8 Å². The molecular formula is C29H32BrCl2N3O4S. The fourth-order valence-electron chi connectivity index (χ4n) is 4.05. The first kappa shape index (κ1) is 31.9. The lowest BCUT2D eigenvalue weighted by atomic mass is 10.1. The van der Waals surface area contributed by atoms with E-state index in [9.17, 15) is 18.0 Å². The normalized spacial score (nSPS) is 12.8. The van der Waals surface area contributed by atoms with Crippen molar-refractivity contribution in [2.45, 2.75) is 57.1 Å². The van der Waals surface area contributed by atoms with Crippen molar-refractivity contribution in [1.29, 1.82) is 0 Å². The van der Waals surface area contributed by atoms with E-state index in [-0.39, 0.29) is 23.4 Å². The molecule has 0 saturated carbocycles. The number of benzene rings is 3. The van der Waals surface area contributed by atoms with Crippen LogP contribution in [0.2, 0.25) is 10.0 Å². The Kier molecular flexibility index (Phi) is 11.5. The standard InChI is InChI=1S/C29H32BrCl2N3O4S/c1-4-20(3)33-29(37)27(5-2)34(18-21-11-16-25(31)26(32)17-21)28(36)19-35(23-14-12-22(30)13-15-23)40(38,39)24-9-7-6-8-10-24/h6-17,20,27H,4-5,18-19H2,1-3H3,(H,33,37)/t20-,27+/m0/s1. The smallest absolute Gasteiger partial charge is 0.264 e. The second-order valence-corrected chi connectivity index (χ2v) is 12.9. The minimum absolute atomic E-state index is 0.0295. The molecule has 0 saturated heterocycles. The zero-order chi connectivity index (χ0) is 29.4. The number of rotatable bonds is 12. The Hall–Kier alpha value is -2.59. The molecule has 0 heterocycles. The molecule has 3 aromatic rings. The first-order chi connectivity index (χ1) is 19.0. The van der Waals surface area contributed by atoms with Crippen LogP contribution in [0.3, 0.4) is 0 Å². The van der Waals surface area contributed by atoms with Gasteiger partial charge in [0.25, 0.3) is 10.0 Å². The molecule has 0 unspecified atom stereocenters. The number of hydrogen-bond acceptors (Lipinski definition) is 4. The van der Waals surface area contributed by atoms with Crippen molar-refractivity contribution < 1.29 is 18.0 Å². The molecule has 0 aliphatic heterocycles. The van der Waals surface area contributed by atoms with Crippen LogP contribution in [0.15, 0.2) is 82.2 Å². The van der Waals surface area contributed by atoms with Crippen molar-refractivity contribution in [1.82, 2.24) is 10.2 Å². The van der Waals surface area contributed by atoms with Crippen molar-refractivity contribution in [3.8, 4) is 0 Å². The first-order valence-electron chi connectivity index (χ1n) is 12.8. The lowest BCUT2D eigenvalue weighted by Gasteiger charge is -2.33. The second-order valence-electron chi connectivity index (χ2n) is 9.31. The van der Waals surface area contributed by atoms with Crippen molar-refractivity contribution >= 4 is 66.7 Å². The average Bonchev–Trinajstić information content (AvgIpc) is 2.94. The fraction of sp³-hybridized carbons (Fsp3) is 0.310. The van der Waals surface area contributed by atoms with Gasteiger partial charge in [-0.25, -0.2) is 8.42 Å². The highest BCUT2D eigenvalue weighted by Crippen LogP contribution is 2.27. The van der Waals surface area contributed by atoms with Crippen molar-refractivity contribution in [3.63, 3.8) is 0 Å². The molecule has 0 spiro atoms. The summed E-state index contributed by atoms with van der Waals surface area (Å²) in [6.07, 6.45) is 1.04. The molecule has 0 fully saturated rings. The Morgan fingerprint density at radius 1 is 0.925 bits per heavy atom. The summed E-state index contributed by atoms with van der Waals surface area (Å²) >= 11 is 15.7. The lowest BCUT2D eigenvalue weighted by Crippen LogP contribution is -2.53. The highest BCUT2D eigenvalue weighted by atomic mass is 79.9. The molecule has 2 amide bonds. The summed E-state index contributed by atoms with van der Waals surface area (Å²) in [7, 11) is -4.12. The monoisotopic (exact) mass is 667 g/mol. The summed E-state index contributed by atoms with van der Waals surface area (Å²) in [6, 6.07) is 18.6. The average molecular weight is 669 g/mol. The number of anilines is 1. The van der Waals surface area contributed by atoms with Crippen LogP contribution in [-0.2, 0) is 26.2 Å². The van der Waals surface area contributed by atoms with Crippen LogP contribution >= 0.6 is 39.1 Å². The molecule has 3 rings (SSSR count). The molecule has 0 radical (unpaired) electrons. The Balaban J connectivity index is 2.06. The molecule has 11 heteroatoms. The van der Waals surface area contributed by atoms with Crippen LogP contribution in [0, 0.1) is 0 Å². The zero-order valence-corrected chi connectivity index (χ0v) is 26.4. The SMILES string of the molecule is CC[C@H](C(=O)N[C@@H](C)CC)N(Cc1ccc(Cl)c(Cl)c1)C(=O)CN(c1ccc(Br)cc1)S(=O)(=O)c1ccccc1. The number of hydrogen-bond donors (Lipinski definition) is 1. The van der Waals surface area contributed by atoms with Crippen LogP contribution < -0.4 is 9.62 Å². The number of carbonyl (C=O) groups excluding carboxylic acids is 2. The topological polar surface area (TPSA) is 86.8 Å². The third kappa shape index (κ3) is 8.00.